The van der Waals surface area contributed by atoms with Crippen molar-refractivity contribution in [2.75, 3.05) is 36.5 Å². The van der Waals surface area contributed by atoms with E-state index in [9.17, 15) is 18.0 Å². The molecule has 2 aromatic rings. The van der Waals surface area contributed by atoms with Crippen molar-refractivity contribution in [2.24, 2.45) is 11.8 Å². The fourth-order valence-electron chi connectivity index (χ4n) is 5.28. The highest BCUT2D eigenvalue weighted by atomic mass is 32.2. The lowest BCUT2D eigenvalue weighted by atomic mass is 9.91. The molecular formula is C24H33N7O4S2. The average Bonchev–Trinajstić information content (AvgIpc) is 3.75. The van der Waals surface area contributed by atoms with E-state index in [0.29, 0.717) is 54.9 Å². The molecule has 0 spiro atoms. The third kappa shape index (κ3) is 5.39. The van der Waals surface area contributed by atoms with Gasteiger partial charge in [0.05, 0.1) is 11.8 Å². The SMILES string of the molecule is CS(=O)(=O)N1CC[C@H](Nc2nncn2[C@H]2CCc3sc(NC(=O)C4CC4)c(C(=O)NCC4CC4)c3C2)C1. The maximum absolute atomic E-state index is 13.3. The minimum atomic E-state index is -3.22. The standard InChI is InChI=1S/C24H33N7O4S2/c1-37(34,35)30-9-8-16(12-30)27-24-29-26-13-31(24)17-6-7-19-18(10-17)20(22(33)25-11-14-2-3-14)23(36-19)28-21(32)15-4-5-15/h13-17H,2-12H2,1H3,(H,25,33)(H,27,29)(H,28,32)/t16-,17-/m0/s1. The molecule has 13 heteroatoms. The van der Waals surface area contributed by atoms with Crippen LogP contribution in [0.15, 0.2) is 6.33 Å². The van der Waals surface area contributed by atoms with E-state index in [1.54, 1.807) is 6.33 Å². The van der Waals surface area contributed by atoms with Gasteiger partial charge in [-0.2, -0.15) is 0 Å². The minimum Gasteiger partial charge on any atom is -0.352 e. The molecule has 4 aliphatic rings. The third-order valence-electron chi connectivity index (χ3n) is 7.81. The molecule has 1 aliphatic heterocycles. The first-order valence-corrected chi connectivity index (χ1v) is 15.8. The van der Waals surface area contributed by atoms with Gasteiger partial charge in [0.1, 0.15) is 11.3 Å². The fraction of sp³-hybridized carbons (Fsp3) is 0.667. The summed E-state index contributed by atoms with van der Waals surface area (Å²) in [6.45, 7) is 1.57. The van der Waals surface area contributed by atoms with Crippen molar-refractivity contribution in [3.63, 3.8) is 0 Å². The third-order valence-corrected chi connectivity index (χ3v) is 10.3. The van der Waals surface area contributed by atoms with Gasteiger partial charge in [-0.15, -0.1) is 21.5 Å². The molecule has 0 unspecified atom stereocenters. The van der Waals surface area contributed by atoms with Crippen LogP contribution in [-0.2, 0) is 27.7 Å². The average molecular weight is 548 g/mol. The first kappa shape index (κ1) is 24.8. The molecule has 1 saturated heterocycles. The molecule has 3 aliphatic carbocycles. The Hall–Kier alpha value is -2.51. The Morgan fingerprint density at radius 1 is 1.16 bits per heavy atom. The lowest BCUT2D eigenvalue weighted by molar-refractivity contribution is -0.117. The number of aromatic nitrogens is 3. The van der Waals surface area contributed by atoms with Crippen LogP contribution >= 0.6 is 11.3 Å². The van der Waals surface area contributed by atoms with Crippen LogP contribution in [0.3, 0.4) is 0 Å². The van der Waals surface area contributed by atoms with Crippen LogP contribution < -0.4 is 16.0 Å². The van der Waals surface area contributed by atoms with Crippen LogP contribution in [0.2, 0.25) is 0 Å². The van der Waals surface area contributed by atoms with Crippen molar-refractivity contribution in [1.82, 2.24) is 24.4 Å². The van der Waals surface area contributed by atoms with Crippen LogP contribution in [-0.4, -0.2) is 71.2 Å². The Kier molecular flexibility index (Phi) is 6.48. The Morgan fingerprint density at radius 3 is 2.68 bits per heavy atom. The predicted molar refractivity (Wildman–Crippen MR) is 140 cm³/mol. The quantitative estimate of drug-likeness (QED) is 0.437. The summed E-state index contributed by atoms with van der Waals surface area (Å²) in [5, 5.41) is 18.6. The molecule has 200 valence electrons. The number of nitrogens with zero attached hydrogens (tertiary/aromatic N) is 4. The number of hydrogen-bond donors (Lipinski definition) is 3. The van der Waals surface area contributed by atoms with Crippen molar-refractivity contribution in [3.8, 4) is 0 Å². The first-order chi connectivity index (χ1) is 17.8. The monoisotopic (exact) mass is 547 g/mol. The summed E-state index contributed by atoms with van der Waals surface area (Å²) in [5.41, 5.74) is 1.62. The number of nitrogens with one attached hydrogen (secondary N) is 3. The van der Waals surface area contributed by atoms with Crippen molar-refractivity contribution in [1.29, 1.82) is 0 Å². The number of rotatable bonds is 9. The smallest absolute Gasteiger partial charge is 0.254 e. The zero-order valence-electron chi connectivity index (χ0n) is 20.9. The molecule has 2 saturated carbocycles. The van der Waals surface area contributed by atoms with Gasteiger partial charge in [-0.25, -0.2) is 12.7 Å². The molecule has 0 radical (unpaired) electrons. The van der Waals surface area contributed by atoms with Gasteiger partial charge >= 0.3 is 0 Å². The maximum atomic E-state index is 13.3. The summed E-state index contributed by atoms with van der Waals surface area (Å²) >= 11 is 1.53. The fourth-order valence-corrected chi connectivity index (χ4v) is 7.41. The van der Waals surface area contributed by atoms with Crippen LogP contribution in [0.25, 0.3) is 0 Å². The number of amides is 2. The zero-order chi connectivity index (χ0) is 25.7. The van der Waals surface area contributed by atoms with E-state index in [1.807, 2.05) is 4.57 Å². The van der Waals surface area contributed by atoms with Crippen LogP contribution in [0.5, 0.6) is 0 Å². The molecule has 3 N–H and O–H groups in total. The Labute approximate surface area is 220 Å². The van der Waals surface area contributed by atoms with E-state index < -0.39 is 10.0 Å². The number of aryl methyl sites for hydroxylation is 1. The molecule has 2 amide bonds. The summed E-state index contributed by atoms with van der Waals surface area (Å²) in [7, 11) is -3.22. The van der Waals surface area contributed by atoms with Crippen molar-refractivity contribution in [2.45, 2.75) is 63.5 Å². The van der Waals surface area contributed by atoms with Gasteiger partial charge in [-0.3, -0.25) is 14.2 Å². The summed E-state index contributed by atoms with van der Waals surface area (Å²) < 4.78 is 27.3. The molecule has 3 heterocycles. The van der Waals surface area contributed by atoms with Crippen LogP contribution in [0, 0.1) is 11.8 Å². The van der Waals surface area contributed by atoms with E-state index in [1.165, 1.54) is 21.9 Å². The molecular weight excluding hydrogens is 514 g/mol. The minimum absolute atomic E-state index is 0.0105. The molecule has 2 atom stereocenters. The highest BCUT2D eigenvalue weighted by molar-refractivity contribution is 7.88. The molecule has 2 aromatic heterocycles. The van der Waals surface area contributed by atoms with Gasteiger partial charge in [0.15, 0.2) is 0 Å². The van der Waals surface area contributed by atoms with Gasteiger partial charge in [-0.05, 0) is 62.8 Å². The molecule has 11 nitrogen and oxygen atoms in total. The number of carbonyl (C=O) groups excluding carboxylic acids is 2. The topological polar surface area (TPSA) is 138 Å². The van der Waals surface area contributed by atoms with Crippen molar-refractivity contribution < 1.29 is 18.0 Å². The summed E-state index contributed by atoms with van der Waals surface area (Å²) in [6.07, 6.45) is 10.1. The van der Waals surface area contributed by atoms with Gasteiger partial charge in [0.2, 0.25) is 21.9 Å². The summed E-state index contributed by atoms with van der Waals surface area (Å²) in [5.74, 6) is 1.15. The molecule has 6 rings (SSSR count). The number of fused-ring (bicyclic) bond motifs is 1. The number of anilines is 2. The molecule has 0 aromatic carbocycles. The highest BCUT2D eigenvalue weighted by Crippen LogP contribution is 2.42. The molecule has 0 bridgehead atoms. The van der Waals surface area contributed by atoms with E-state index in [2.05, 4.69) is 26.1 Å². The lowest BCUT2D eigenvalue weighted by Gasteiger charge is -2.26. The first-order valence-electron chi connectivity index (χ1n) is 13.1. The van der Waals surface area contributed by atoms with Crippen LogP contribution in [0.4, 0.5) is 10.9 Å². The second-order valence-electron chi connectivity index (χ2n) is 10.8. The Bertz CT molecular complexity index is 1310. The lowest BCUT2D eigenvalue weighted by Crippen LogP contribution is -2.31. The number of carbonyl (C=O) groups is 2. The second-order valence-corrected chi connectivity index (χ2v) is 13.9. The molecule has 37 heavy (non-hydrogen) atoms. The van der Waals surface area contributed by atoms with E-state index in [0.717, 1.165) is 49.0 Å². The summed E-state index contributed by atoms with van der Waals surface area (Å²) in [6, 6.07) is 0.0138. The van der Waals surface area contributed by atoms with Gasteiger partial charge in [-0.1, -0.05) is 0 Å². The van der Waals surface area contributed by atoms with Gasteiger partial charge in [0, 0.05) is 42.5 Å². The largest absolute Gasteiger partial charge is 0.352 e. The Morgan fingerprint density at radius 2 is 1.97 bits per heavy atom. The predicted octanol–water partition coefficient (Wildman–Crippen LogP) is 2.00. The molecule has 3 fully saturated rings. The normalized spacial score (nSPS) is 24.0. The van der Waals surface area contributed by atoms with Crippen LogP contribution in [0.1, 0.15) is 65.4 Å². The van der Waals surface area contributed by atoms with E-state index in [-0.39, 0.29) is 29.8 Å². The summed E-state index contributed by atoms with van der Waals surface area (Å²) in [4.78, 5) is 27.1. The van der Waals surface area contributed by atoms with Crippen molar-refractivity contribution in [3.05, 3.63) is 22.3 Å². The van der Waals surface area contributed by atoms with E-state index >= 15 is 0 Å². The Balaban J connectivity index is 1.21. The number of hydrogen-bond acceptors (Lipinski definition) is 8. The maximum Gasteiger partial charge on any atom is 0.254 e. The van der Waals surface area contributed by atoms with Gasteiger partial charge in [0.25, 0.3) is 5.91 Å². The van der Waals surface area contributed by atoms with Gasteiger partial charge < -0.3 is 16.0 Å². The number of thiophene rings is 1. The van der Waals surface area contributed by atoms with E-state index in [4.69, 9.17) is 0 Å². The number of sulfonamides is 1. The van der Waals surface area contributed by atoms with Crippen molar-refractivity contribution >= 4 is 44.1 Å². The highest BCUT2D eigenvalue weighted by Gasteiger charge is 2.35. The zero-order valence-corrected chi connectivity index (χ0v) is 22.5. The second kappa shape index (κ2) is 9.66.